The summed E-state index contributed by atoms with van der Waals surface area (Å²) >= 11 is 1.71. The largest absolute Gasteiger partial charge is 0.299 e. The molecule has 70 valence electrons. The quantitative estimate of drug-likeness (QED) is 0.725. The molecule has 0 radical (unpaired) electrons. The van der Waals surface area contributed by atoms with Crippen molar-refractivity contribution in [2.45, 2.75) is 32.6 Å². The minimum Gasteiger partial charge on any atom is -0.299 e. The van der Waals surface area contributed by atoms with Crippen LogP contribution in [0.2, 0.25) is 0 Å². The Morgan fingerprint density at radius 2 is 2.54 bits per heavy atom. The fourth-order valence-electron chi connectivity index (χ4n) is 1.85. The van der Waals surface area contributed by atoms with Gasteiger partial charge < -0.3 is 0 Å². The van der Waals surface area contributed by atoms with Crippen LogP contribution in [0.25, 0.3) is 0 Å². The fraction of sp³-hybridized carbons (Fsp3) is 0.600. The van der Waals surface area contributed by atoms with Crippen molar-refractivity contribution in [2.24, 2.45) is 5.92 Å². The van der Waals surface area contributed by atoms with E-state index >= 15 is 0 Å². The zero-order valence-electron chi connectivity index (χ0n) is 7.75. The first-order chi connectivity index (χ1) is 6.25. The third-order valence-electron chi connectivity index (χ3n) is 2.55. The van der Waals surface area contributed by atoms with Crippen LogP contribution >= 0.6 is 11.3 Å². The average molecular weight is 195 g/mol. The van der Waals surface area contributed by atoms with E-state index in [2.05, 4.69) is 4.98 Å². The van der Waals surface area contributed by atoms with Gasteiger partial charge in [-0.25, -0.2) is 4.98 Å². The van der Waals surface area contributed by atoms with Crippen molar-refractivity contribution in [3.05, 3.63) is 16.1 Å². The van der Waals surface area contributed by atoms with Gasteiger partial charge in [-0.1, -0.05) is 0 Å². The van der Waals surface area contributed by atoms with Gasteiger partial charge in [0.15, 0.2) is 0 Å². The third-order valence-corrected chi connectivity index (χ3v) is 3.48. The van der Waals surface area contributed by atoms with Crippen molar-refractivity contribution in [1.29, 1.82) is 0 Å². The van der Waals surface area contributed by atoms with Crippen LogP contribution in [0.1, 0.15) is 29.1 Å². The Kier molecular flexibility index (Phi) is 2.44. The Morgan fingerprint density at radius 1 is 1.69 bits per heavy atom. The SMILES string of the molecule is Cc1ncc(CC2CCCC2=O)s1. The summed E-state index contributed by atoms with van der Waals surface area (Å²) in [5.41, 5.74) is 0. The lowest BCUT2D eigenvalue weighted by Gasteiger charge is -2.03. The second kappa shape index (κ2) is 3.58. The zero-order chi connectivity index (χ0) is 9.26. The summed E-state index contributed by atoms with van der Waals surface area (Å²) in [6, 6.07) is 0. The Hall–Kier alpha value is -0.700. The maximum absolute atomic E-state index is 11.4. The molecule has 0 saturated heterocycles. The highest BCUT2D eigenvalue weighted by Crippen LogP contribution is 2.26. The molecule has 0 spiro atoms. The van der Waals surface area contributed by atoms with Crippen LogP contribution in [0.15, 0.2) is 6.20 Å². The first-order valence-electron chi connectivity index (χ1n) is 4.70. The summed E-state index contributed by atoms with van der Waals surface area (Å²) in [6.45, 7) is 2.00. The molecule has 1 aromatic rings. The number of aromatic nitrogens is 1. The first-order valence-corrected chi connectivity index (χ1v) is 5.51. The van der Waals surface area contributed by atoms with Gasteiger partial charge in [0.25, 0.3) is 0 Å². The van der Waals surface area contributed by atoms with Crippen LogP contribution in [-0.4, -0.2) is 10.8 Å². The highest BCUT2D eigenvalue weighted by atomic mass is 32.1. The number of hydrogen-bond acceptors (Lipinski definition) is 3. The lowest BCUT2D eigenvalue weighted by Crippen LogP contribution is -2.08. The lowest BCUT2D eigenvalue weighted by molar-refractivity contribution is -0.120. The minimum absolute atomic E-state index is 0.292. The molecule has 3 heteroatoms. The number of carbonyl (C=O) groups excluding carboxylic acids is 1. The number of thiazole rings is 1. The van der Waals surface area contributed by atoms with E-state index in [9.17, 15) is 4.79 Å². The Balaban J connectivity index is 2.01. The number of Topliss-reactive ketones (excluding diaryl/α,β-unsaturated/α-hetero) is 1. The molecule has 2 rings (SSSR count). The number of carbonyl (C=O) groups is 1. The summed E-state index contributed by atoms with van der Waals surface area (Å²) in [5.74, 6) is 0.742. The molecule has 13 heavy (non-hydrogen) atoms. The van der Waals surface area contributed by atoms with Gasteiger partial charge in [-0.05, 0) is 26.2 Å². The Morgan fingerprint density at radius 3 is 3.08 bits per heavy atom. The van der Waals surface area contributed by atoms with Crippen molar-refractivity contribution >= 4 is 17.1 Å². The number of hydrogen-bond donors (Lipinski definition) is 0. The molecule has 1 aromatic heterocycles. The topological polar surface area (TPSA) is 30.0 Å². The highest BCUT2D eigenvalue weighted by molar-refractivity contribution is 7.11. The molecule has 0 bridgehead atoms. The van der Waals surface area contributed by atoms with Crippen molar-refractivity contribution < 1.29 is 4.79 Å². The molecule has 1 heterocycles. The summed E-state index contributed by atoms with van der Waals surface area (Å²) in [6.07, 6.45) is 5.79. The summed E-state index contributed by atoms with van der Waals surface area (Å²) in [4.78, 5) is 16.8. The standard InChI is InChI=1S/C10H13NOS/c1-7-11-6-9(13-7)5-8-3-2-4-10(8)12/h6,8H,2-5H2,1H3. The Labute approximate surface area is 82.0 Å². The summed E-state index contributed by atoms with van der Waals surface area (Å²) in [5, 5.41) is 1.10. The van der Waals surface area contributed by atoms with E-state index in [0.29, 0.717) is 11.7 Å². The number of ketones is 1. The molecule has 1 aliphatic rings. The van der Waals surface area contributed by atoms with E-state index in [-0.39, 0.29) is 0 Å². The van der Waals surface area contributed by atoms with Crippen LogP contribution < -0.4 is 0 Å². The van der Waals surface area contributed by atoms with E-state index in [1.165, 1.54) is 4.88 Å². The van der Waals surface area contributed by atoms with Crippen molar-refractivity contribution in [1.82, 2.24) is 4.98 Å². The number of aryl methyl sites for hydroxylation is 1. The molecule has 2 nitrogen and oxygen atoms in total. The van der Waals surface area contributed by atoms with E-state index in [0.717, 1.165) is 30.7 Å². The van der Waals surface area contributed by atoms with Gasteiger partial charge in [-0.2, -0.15) is 0 Å². The molecule has 1 fully saturated rings. The maximum Gasteiger partial charge on any atom is 0.136 e. The van der Waals surface area contributed by atoms with E-state index in [4.69, 9.17) is 0 Å². The van der Waals surface area contributed by atoms with Crippen molar-refractivity contribution in [3.8, 4) is 0 Å². The van der Waals surface area contributed by atoms with Gasteiger partial charge in [0.2, 0.25) is 0 Å². The smallest absolute Gasteiger partial charge is 0.136 e. The Bertz CT molecular complexity index is 318. The van der Waals surface area contributed by atoms with Gasteiger partial charge in [0, 0.05) is 23.4 Å². The molecule has 1 atom stereocenters. The molecular formula is C10H13NOS. The fourth-order valence-corrected chi connectivity index (χ4v) is 2.72. The van der Waals surface area contributed by atoms with Gasteiger partial charge in [-0.3, -0.25) is 4.79 Å². The normalized spacial score (nSPS) is 22.5. The second-order valence-electron chi connectivity index (χ2n) is 3.61. The first kappa shape index (κ1) is 8.88. The molecule has 1 unspecified atom stereocenters. The van der Waals surface area contributed by atoms with Crippen molar-refractivity contribution in [3.63, 3.8) is 0 Å². The molecule has 0 amide bonds. The highest BCUT2D eigenvalue weighted by Gasteiger charge is 2.24. The van der Waals surface area contributed by atoms with E-state index in [1.54, 1.807) is 11.3 Å². The molecule has 0 aromatic carbocycles. The van der Waals surface area contributed by atoms with E-state index < -0.39 is 0 Å². The number of rotatable bonds is 2. The number of nitrogens with zero attached hydrogens (tertiary/aromatic N) is 1. The lowest BCUT2D eigenvalue weighted by atomic mass is 10.0. The summed E-state index contributed by atoms with van der Waals surface area (Å²) < 4.78 is 0. The monoisotopic (exact) mass is 195 g/mol. The van der Waals surface area contributed by atoms with Gasteiger partial charge >= 0.3 is 0 Å². The molecule has 0 N–H and O–H groups in total. The van der Waals surface area contributed by atoms with E-state index in [1.807, 2.05) is 13.1 Å². The molecule has 0 aliphatic heterocycles. The van der Waals surface area contributed by atoms with Crippen LogP contribution in [0.4, 0.5) is 0 Å². The van der Waals surface area contributed by atoms with Gasteiger partial charge in [-0.15, -0.1) is 11.3 Å². The third kappa shape index (κ3) is 1.97. The predicted octanol–water partition coefficient (Wildman–Crippen LogP) is 2.36. The van der Waals surface area contributed by atoms with Crippen molar-refractivity contribution in [2.75, 3.05) is 0 Å². The van der Waals surface area contributed by atoms with Crippen LogP contribution in [0.3, 0.4) is 0 Å². The van der Waals surface area contributed by atoms with Gasteiger partial charge in [0.05, 0.1) is 5.01 Å². The predicted molar refractivity (Wildman–Crippen MR) is 52.9 cm³/mol. The molecule has 1 saturated carbocycles. The zero-order valence-corrected chi connectivity index (χ0v) is 8.56. The van der Waals surface area contributed by atoms with Crippen LogP contribution in [0.5, 0.6) is 0 Å². The minimum atomic E-state index is 0.292. The van der Waals surface area contributed by atoms with Gasteiger partial charge in [0.1, 0.15) is 5.78 Å². The average Bonchev–Trinajstić information content (AvgIpc) is 2.64. The molecular weight excluding hydrogens is 182 g/mol. The summed E-state index contributed by atoms with van der Waals surface area (Å²) in [7, 11) is 0. The van der Waals surface area contributed by atoms with Crippen LogP contribution in [0, 0.1) is 12.8 Å². The maximum atomic E-state index is 11.4. The second-order valence-corrected chi connectivity index (χ2v) is 4.92. The van der Waals surface area contributed by atoms with Crippen LogP contribution in [-0.2, 0) is 11.2 Å². The molecule has 1 aliphatic carbocycles.